The van der Waals surface area contributed by atoms with Crippen molar-refractivity contribution in [3.8, 4) is 22.5 Å². The van der Waals surface area contributed by atoms with E-state index in [4.69, 9.17) is 9.40 Å². The van der Waals surface area contributed by atoms with E-state index < -0.39 is 0 Å². The van der Waals surface area contributed by atoms with Gasteiger partial charge in [0.25, 0.3) is 0 Å². The van der Waals surface area contributed by atoms with Crippen LogP contribution in [0.5, 0.6) is 0 Å². The Morgan fingerprint density at radius 1 is 0.923 bits per heavy atom. The summed E-state index contributed by atoms with van der Waals surface area (Å²) in [5, 5.41) is 13.6. The van der Waals surface area contributed by atoms with Crippen molar-refractivity contribution in [2.75, 3.05) is 0 Å². The van der Waals surface area contributed by atoms with E-state index in [0.29, 0.717) is 11.6 Å². The molecule has 2 aromatic carbocycles. The number of fused-ring (bicyclic) bond motifs is 2. The van der Waals surface area contributed by atoms with Gasteiger partial charge in [-0.3, -0.25) is 4.79 Å². The summed E-state index contributed by atoms with van der Waals surface area (Å²) in [4.78, 5) is 17.0. The second kappa shape index (κ2) is 17.4. The van der Waals surface area contributed by atoms with Crippen LogP contribution in [0.2, 0.25) is 0 Å². The summed E-state index contributed by atoms with van der Waals surface area (Å²) in [5.41, 5.74) is 6.54. The predicted octanol–water partition coefficient (Wildman–Crippen LogP) is 12.2. The smallest absolute Gasteiger partial charge is 0.226 e. The van der Waals surface area contributed by atoms with Crippen molar-refractivity contribution < 1.29 is 39.0 Å². The first kappa shape index (κ1) is 42.7. The average Bonchev–Trinajstić information content (AvgIpc) is 3.51. The Kier molecular flexibility index (Phi) is 14.3. The Morgan fingerprint density at radius 3 is 2.15 bits per heavy atom. The van der Waals surface area contributed by atoms with Gasteiger partial charge < -0.3 is 14.1 Å². The summed E-state index contributed by atoms with van der Waals surface area (Å²) in [6, 6.07) is 22.8. The number of nitrogens with zero attached hydrogens (tertiary/aromatic N) is 2. The average molecular weight is 880 g/mol. The Hall–Kier alpha value is -3.73. The third-order valence-corrected chi connectivity index (χ3v) is 10.9. The largest absolute Gasteiger partial charge is 0.512 e. The number of aliphatic hydroxyl groups excluding tert-OH is 1. The number of furan rings is 1. The van der Waals surface area contributed by atoms with Crippen LogP contribution in [0.15, 0.2) is 83.3 Å². The molecule has 1 radical (unpaired) electrons. The molecule has 0 fully saturated rings. The molecule has 0 unspecified atom stereocenters. The molecule has 0 aliphatic heterocycles. The Labute approximate surface area is 326 Å². The van der Waals surface area contributed by atoms with Crippen LogP contribution in [-0.2, 0) is 36.7 Å². The number of hydrogen-bond acceptors (Lipinski definition) is 4. The maximum absolute atomic E-state index is 12.2. The van der Waals surface area contributed by atoms with Crippen molar-refractivity contribution in [1.82, 2.24) is 4.98 Å². The van der Waals surface area contributed by atoms with E-state index in [1.807, 2.05) is 64.6 Å². The van der Waals surface area contributed by atoms with Crippen molar-refractivity contribution in [3.05, 3.63) is 103 Å². The van der Waals surface area contributed by atoms with Gasteiger partial charge in [0.1, 0.15) is 11.5 Å². The summed E-state index contributed by atoms with van der Waals surface area (Å²) < 4.78 is 7.72. The van der Waals surface area contributed by atoms with Gasteiger partial charge in [0.05, 0.1) is 18.2 Å². The molecule has 5 aromatic rings. The van der Waals surface area contributed by atoms with E-state index in [9.17, 15) is 9.90 Å². The van der Waals surface area contributed by atoms with Gasteiger partial charge in [-0.2, -0.15) is 0 Å². The minimum atomic E-state index is -0.337. The fourth-order valence-corrected chi connectivity index (χ4v) is 6.32. The van der Waals surface area contributed by atoms with Gasteiger partial charge in [-0.15, -0.1) is 29.1 Å². The van der Waals surface area contributed by atoms with Crippen molar-refractivity contribution in [3.63, 3.8) is 0 Å². The zero-order chi connectivity index (χ0) is 37.7. The molecule has 3 aromatic heterocycles. The predicted molar refractivity (Wildman–Crippen MR) is 213 cm³/mol. The quantitative estimate of drug-likeness (QED) is 0.0621. The zero-order valence-corrected chi connectivity index (χ0v) is 35.6. The number of carbonyl (C=O) groups is 1. The minimum absolute atomic E-state index is 0. The number of aromatic nitrogens is 2. The van der Waals surface area contributed by atoms with Crippen LogP contribution in [0.25, 0.3) is 44.4 Å². The van der Waals surface area contributed by atoms with Crippen LogP contribution >= 0.6 is 0 Å². The Balaban J connectivity index is 0.000000347. The summed E-state index contributed by atoms with van der Waals surface area (Å²) in [6.45, 7) is 23.3. The van der Waals surface area contributed by atoms with E-state index in [-0.39, 0.29) is 47.9 Å². The Bertz CT molecular complexity index is 2010. The van der Waals surface area contributed by atoms with Gasteiger partial charge in [-0.05, 0) is 73.3 Å². The van der Waals surface area contributed by atoms with Gasteiger partial charge in [0, 0.05) is 55.0 Å². The first-order chi connectivity index (χ1) is 24.0. The van der Waals surface area contributed by atoms with E-state index in [0.717, 1.165) is 65.4 Å². The van der Waals surface area contributed by atoms with Crippen LogP contribution in [0.4, 0.5) is 0 Å². The topological polar surface area (TPSA) is 67.2 Å². The van der Waals surface area contributed by atoms with Crippen molar-refractivity contribution in [2.24, 2.45) is 16.7 Å². The second-order valence-corrected chi connectivity index (χ2v) is 16.0. The van der Waals surface area contributed by atoms with Crippen LogP contribution in [0.3, 0.4) is 0 Å². The van der Waals surface area contributed by atoms with Crippen molar-refractivity contribution in [2.45, 2.75) is 114 Å². The molecule has 0 spiro atoms. The third kappa shape index (κ3) is 9.43. The maximum atomic E-state index is 12.2. The molecule has 5 rings (SSSR count). The van der Waals surface area contributed by atoms with Gasteiger partial charge in [-0.1, -0.05) is 105 Å². The molecule has 281 valence electrons. The van der Waals surface area contributed by atoms with Crippen LogP contribution in [0.1, 0.15) is 113 Å². The van der Waals surface area contributed by atoms with E-state index in [1.54, 1.807) is 0 Å². The minimum Gasteiger partial charge on any atom is -0.512 e. The molecule has 3 heterocycles. The molecule has 0 amide bonds. The van der Waals surface area contributed by atoms with Crippen molar-refractivity contribution in [1.29, 1.82) is 0 Å². The number of allylic oxidation sites excluding steroid dienone is 2. The van der Waals surface area contributed by atoms with E-state index in [1.165, 1.54) is 22.6 Å². The zero-order valence-electron chi connectivity index (χ0n) is 33.2. The van der Waals surface area contributed by atoms with Gasteiger partial charge in [-0.25, -0.2) is 4.98 Å². The fourth-order valence-electron chi connectivity index (χ4n) is 6.32. The number of aliphatic hydroxyl groups is 1. The molecule has 6 heteroatoms. The van der Waals surface area contributed by atoms with Crippen LogP contribution < -0.4 is 4.57 Å². The molecule has 0 saturated heterocycles. The number of hydrogen-bond donors (Lipinski definition) is 1. The molecule has 0 aliphatic carbocycles. The molecular weight excluding hydrogens is 821 g/mol. The maximum Gasteiger partial charge on any atom is 0.226 e. The number of benzene rings is 2. The molecule has 5 nitrogen and oxygen atoms in total. The standard InChI is InChI=1S/C31H31N2O.C15H28O2.Ir/c1-20(2)15-24-19-34-30-26(24)11-12-28(32-30)22-13-14-33(6)29(18-22)23-16-21-9-7-8-10-25(21)27(17-23)31(3,4)5;1-7-14(5,8-2)12(16)11-13(17)15(6,9-3)10-4;/h7-14,17-20H,6,15H2,1-5H3;11,16H,7-10H2,1-6H3;/q-1;;/b;12-11-;. The summed E-state index contributed by atoms with van der Waals surface area (Å²) >= 11 is 0. The molecule has 0 aliphatic rings. The first-order valence-electron chi connectivity index (χ1n) is 18.7. The van der Waals surface area contributed by atoms with Gasteiger partial charge in [0.15, 0.2) is 5.78 Å². The normalized spacial score (nSPS) is 12.5. The summed E-state index contributed by atoms with van der Waals surface area (Å²) in [6.07, 6.45) is 9.58. The van der Waals surface area contributed by atoms with Crippen LogP contribution in [0, 0.1) is 29.9 Å². The monoisotopic (exact) mass is 880 g/mol. The molecule has 1 N–H and O–H groups in total. The summed E-state index contributed by atoms with van der Waals surface area (Å²) in [7, 11) is 4.24. The molecule has 0 atom stereocenters. The summed E-state index contributed by atoms with van der Waals surface area (Å²) in [5.74, 6) is 0.856. The molecule has 0 bridgehead atoms. The van der Waals surface area contributed by atoms with Crippen molar-refractivity contribution >= 4 is 27.7 Å². The van der Waals surface area contributed by atoms with Crippen LogP contribution in [-0.4, -0.2) is 15.9 Å². The second-order valence-electron chi connectivity index (χ2n) is 16.0. The van der Waals surface area contributed by atoms with E-state index in [2.05, 4.69) is 96.3 Å². The number of carbonyl (C=O) groups excluding carboxylic acids is 1. The SMILES string of the molecule is CCC(C)(CC)C(=O)/C=C(\O)C(C)(CC)CC.[CH2-][n+]1ccc(-c2ccc3c(CC(C)C)coc3n2)cc1-c1[c-]c2ccccc2c(C(C)(C)C)c1.[Ir]. The Morgan fingerprint density at radius 2 is 1.56 bits per heavy atom. The van der Waals surface area contributed by atoms with Gasteiger partial charge in [0.2, 0.25) is 5.71 Å². The fraction of sp³-hybridized carbons (Fsp3) is 0.435. The molecular formula is C46H59IrN2O3-. The van der Waals surface area contributed by atoms with E-state index >= 15 is 0 Å². The molecule has 52 heavy (non-hydrogen) atoms. The number of rotatable bonds is 11. The number of pyridine rings is 2. The first-order valence-corrected chi connectivity index (χ1v) is 18.7. The van der Waals surface area contributed by atoms with Gasteiger partial charge >= 0.3 is 0 Å². The molecule has 0 saturated carbocycles. The third-order valence-electron chi connectivity index (χ3n) is 10.9. The number of ketones is 1.